The Hall–Kier alpha value is -1.10. The Bertz CT molecular complexity index is 409. The number of thioether (sulfide) groups is 1. The van der Waals surface area contributed by atoms with E-state index in [1.54, 1.807) is 18.1 Å². The van der Waals surface area contributed by atoms with Crippen LogP contribution < -0.4 is 0 Å². The number of nitrogens with zero attached hydrogens (tertiary/aromatic N) is 3. The Balaban J connectivity index is 2.80. The van der Waals surface area contributed by atoms with E-state index in [9.17, 15) is 0 Å². The molecule has 0 aliphatic carbocycles. The predicted molar refractivity (Wildman–Crippen MR) is 48.2 cm³/mol. The molecule has 0 saturated heterocycles. The summed E-state index contributed by atoms with van der Waals surface area (Å²) in [4.78, 5) is 15.5. The molecule has 4 nitrogen and oxygen atoms in total. The molecule has 0 aliphatic heterocycles. The molecule has 0 fully saturated rings. The van der Waals surface area contributed by atoms with Crippen LogP contribution in [0.4, 0.5) is 0 Å². The van der Waals surface area contributed by atoms with Crippen LogP contribution in [0.25, 0.3) is 11.2 Å². The van der Waals surface area contributed by atoms with Gasteiger partial charge >= 0.3 is 0 Å². The molecule has 2 aromatic heterocycles. The number of hydrogen-bond acceptors (Lipinski definition) is 4. The molecular formula is C7H8N4S. The molecule has 0 unspecified atom stereocenters. The molecule has 2 heterocycles. The molecule has 0 amide bonds. The van der Waals surface area contributed by atoms with Gasteiger partial charge in [0.15, 0.2) is 5.65 Å². The second-order valence-electron chi connectivity index (χ2n) is 2.38. The van der Waals surface area contributed by atoms with E-state index < -0.39 is 0 Å². The van der Waals surface area contributed by atoms with Gasteiger partial charge in [-0.25, -0.2) is 15.0 Å². The first kappa shape index (κ1) is 7.54. The number of nitrogens with one attached hydrogen (secondary N) is 1. The molecular weight excluding hydrogens is 172 g/mol. The number of rotatable bonds is 1. The van der Waals surface area contributed by atoms with E-state index in [4.69, 9.17) is 0 Å². The van der Waals surface area contributed by atoms with Crippen molar-refractivity contribution in [2.45, 2.75) is 11.9 Å². The van der Waals surface area contributed by atoms with E-state index in [1.165, 1.54) is 0 Å². The highest BCUT2D eigenvalue weighted by Crippen LogP contribution is 2.19. The van der Waals surface area contributed by atoms with Crippen molar-refractivity contribution in [1.82, 2.24) is 19.9 Å². The van der Waals surface area contributed by atoms with Crippen molar-refractivity contribution in [1.29, 1.82) is 0 Å². The summed E-state index contributed by atoms with van der Waals surface area (Å²) >= 11 is 1.59. The molecule has 0 spiro atoms. The van der Waals surface area contributed by atoms with Crippen molar-refractivity contribution in [3.05, 3.63) is 12.2 Å². The molecule has 0 atom stereocenters. The van der Waals surface area contributed by atoms with Crippen molar-refractivity contribution < 1.29 is 0 Å². The summed E-state index contributed by atoms with van der Waals surface area (Å²) in [6, 6.07) is 0. The zero-order chi connectivity index (χ0) is 8.55. The van der Waals surface area contributed by atoms with E-state index in [0.717, 1.165) is 22.0 Å². The fraction of sp³-hybridized carbons (Fsp3) is 0.286. The fourth-order valence-electron chi connectivity index (χ4n) is 1.06. The molecule has 2 aromatic rings. The molecule has 12 heavy (non-hydrogen) atoms. The van der Waals surface area contributed by atoms with Crippen molar-refractivity contribution in [2.24, 2.45) is 0 Å². The van der Waals surface area contributed by atoms with Gasteiger partial charge in [0.25, 0.3) is 0 Å². The van der Waals surface area contributed by atoms with E-state index in [2.05, 4.69) is 19.9 Å². The average molecular weight is 180 g/mol. The van der Waals surface area contributed by atoms with Crippen LogP contribution in [-0.2, 0) is 0 Å². The van der Waals surface area contributed by atoms with Gasteiger partial charge < -0.3 is 4.98 Å². The molecule has 5 heteroatoms. The molecule has 1 N–H and O–H groups in total. The lowest BCUT2D eigenvalue weighted by Gasteiger charge is -1.97. The van der Waals surface area contributed by atoms with Gasteiger partial charge in [-0.3, -0.25) is 0 Å². The van der Waals surface area contributed by atoms with Gasteiger partial charge in [-0.1, -0.05) is 0 Å². The molecule has 0 aromatic carbocycles. The lowest BCUT2D eigenvalue weighted by Crippen LogP contribution is -1.91. The van der Waals surface area contributed by atoms with Crippen LogP contribution in [0.3, 0.4) is 0 Å². The third-order valence-electron chi connectivity index (χ3n) is 1.56. The summed E-state index contributed by atoms with van der Waals surface area (Å²) in [6.45, 7) is 1.87. The highest BCUT2D eigenvalue weighted by molar-refractivity contribution is 7.98. The summed E-state index contributed by atoms with van der Waals surface area (Å²) in [5, 5.41) is 0.954. The number of aryl methyl sites for hydroxylation is 1. The van der Waals surface area contributed by atoms with Crippen molar-refractivity contribution in [3.63, 3.8) is 0 Å². The van der Waals surface area contributed by atoms with Gasteiger partial charge in [-0.15, -0.1) is 11.8 Å². The summed E-state index contributed by atoms with van der Waals surface area (Å²) in [5.41, 5.74) is 1.67. The summed E-state index contributed by atoms with van der Waals surface area (Å²) in [7, 11) is 0. The monoisotopic (exact) mass is 180 g/mol. The van der Waals surface area contributed by atoms with Crippen LogP contribution in [0, 0.1) is 6.92 Å². The van der Waals surface area contributed by atoms with E-state index in [-0.39, 0.29) is 0 Å². The second kappa shape index (κ2) is 2.75. The zero-order valence-electron chi connectivity index (χ0n) is 6.83. The van der Waals surface area contributed by atoms with E-state index >= 15 is 0 Å². The minimum absolute atomic E-state index is 0.742. The number of aromatic amines is 1. The maximum atomic E-state index is 4.27. The van der Waals surface area contributed by atoms with Crippen LogP contribution in [0.1, 0.15) is 5.82 Å². The average Bonchev–Trinajstić information content (AvgIpc) is 2.50. The standard InChI is InChI=1S/C7H8N4S/c1-4-10-6-5(8-3-9-6)7(11-4)12-2/h3H,1-2H3,(H,8,9,10,11). The van der Waals surface area contributed by atoms with Crippen LogP contribution in [-0.4, -0.2) is 26.2 Å². The largest absolute Gasteiger partial charge is 0.341 e. The highest BCUT2D eigenvalue weighted by atomic mass is 32.2. The van der Waals surface area contributed by atoms with Crippen molar-refractivity contribution in [3.8, 4) is 0 Å². The molecule has 0 aliphatic rings. The Morgan fingerprint density at radius 2 is 2.25 bits per heavy atom. The maximum Gasteiger partial charge on any atom is 0.181 e. The van der Waals surface area contributed by atoms with Gasteiger partial charge in [0, 0.05) is 0 Å². The third kappa shape index (κ3) is 1.06. The lowest BCUT2D eigenvalue weighted by molar-refractivity contribution is 1.00. The summed E-state index contributed by atoms with van der Waals surface area (Å²) in [5.74, 6) is 0.763. The summed E-state index contributed by atoms with van der Waals surface area (Å²) in [6.07, 6.45) is 3.63. The third-order valence-corrected chi connectivity index (χ3v) is 2.24. The number of imidazole rings is 1. The van der Waals surface area contributed by atoms with Crippen molar-refractivity contribution in [2.75, 3.05) is 6.26 Å². The van der Waals surface area contributed by atoms with Crippen LogP contribution in [0.5, 0.6) is 0 Å². The van der Waals surface area contributed by atoms with Gasteiger partial charge in [-0.05, 0) is 13.2 Å². The van der Waals surface area contributed by atoms with Gasteiger partial charge in [0.05, 0.1) is 6.33 Å². The minimum Gasteiger partial charge on any atom is -0.341 e. The Morgan fingerprint density at radius 3 is 3.00 bits per heavy atom. The lowest BCUT2D eigenvalue weighted by atomic mass is 10.5. The van der Waals surface area contributed by atoms with Gasteiger partial charge in [0.2, 0.25) is 0 Å². The fourth-order valence-corrected chi connectivity index (χ4v) is 1.64. The maximum absolute atomic E-state index is 4.27. The number of fused-ring (bicyclic) bond motifs is 1. The van der Waals surface area contributed by atoms with Gasteiger partial charge in [0.1, 0.15) is 16.4 Å². The molecule has 0 saturated carbocycles. The highest BCUT2D eigenvalue weighted by Gasteiger charge is 2.05. The van der Waals surface area contributed by atoms with E-state index in [1.807, 2.05) is 13.2 Å². The minimum atomic E-state index is 0.742. The van der Waals surface area contributed by atoms with Crippen LogP contribution in [0.2, 0.25) is 0 Å². The zero-order valence-corrected chi connectivity index (χ0v) is 7.64. The first-order valence-corrected chi connectivity index (χ1v) is 4.75. The summed E-state index contributed by atoms with van der Waals surface area (Å²) < 4.78 is 0. The topological polar surface area (TPSA) is 54.5 Å². The Morgan fingerprint density at radius 1 is 1.42 bits per heavy atom. The Labute approximate surface area is 73.8 Å². The smallest absolute Gasteiger partial charge is 0.181 e. The van der Waals surface area contributed by atoms with Crippen molar-refractivity contribution >= 4 is 22.9 Å². The quantitative estimate of drug-likeness (QED) is 0.532. The van der Waals surface area contributed by atoms with Crippen LogP contribution >= 0.6 is 11.8 Å². The molecule has 2 rings (SSSR count). The molecule has 0 radical (unpaired) electrons. The number of aromatic nitrogens is 4. The predicted octanol–water partition coefficient (Wildman–Crippen LogP) is 1.38. The molecule has 0 bridgehead atoms. The van der Waals surface area contributed by atoms with Gasteiger partial charge in [-0.2, -0.15) is 0 Å². The first-order chi connectivity index (χ1) is 5.81. The van der Waals surface area contributed by atoms with Crippen LogP contribution in [0.15, 0.2) is 11.4 Å². The molecule has 62 valence electrons. The van der Waals surface area contributed by atoms with E-state index in [0.29, 0.717) is 0 Å². The first-order valence-electron chi connectivity index (χ1n) is 3.53. The Kier molecular flexibility index (Phi) is 1.73. The number of hydrogen-bond donors (Lipinski definition) is 1. The normalized spacial score (nSPS) is 10.8. The number of H-pyrrole nitrogens is 1. The SMILES string of the molecule is CSc1nc(C)nc2nc[nH]c12. The second-order valence-corrected chi connectivity index (χ2v) is 3.18.